The van der Waals surface area contributed by atoms with E-state index in [-0.39, 0.29) is 16.8 Å². The third-order valence-electron chi connectivity index (χ3n) is 4.04. The molecule has 1 aromatic heterocycles. The number of para-hydroxylation sites is 1. The van der Waals surface area contributed by atoms with E-state index in [0.29, 0.717) is 17.7 Å². The zero-order chi connectivity index (χ0) is 19.2. The lowest BCUT2D eigenvalue weighted by Gasteiger charge is -2.11. The highest BCUT2D eigenvalue weighted by Gasteiger charge is 2.12. The number of anilines is 1. The molecule has 140 valence electrons. The normalized spacial score (nSPS) is 10.7. The summed E-state index contributed by atoms with van der Waals surface area (Å²) in [5.41, 5.74) is 2.20. The average molecular weight is 400 g/mol. The monoisotopic (exact) mass is 399 g/mol. The molecule has 2 aromatic carbocycles. The van der Waals surface area contributed by atoms with Gasteiger partial charge >= 0.3 is 0 Å². The summed E-state index contributed by atoms with van der Waals surface area (Å²) in [5, 5.41) is 16.9. The van der Waals surface area contributed by atoms with Crippen molar-refractivity contribution in [2.45, 2.75) is 32.6 Å². The Morgan fingerprint density at radius 2 is 2.04 bits per heavy atom. The maximum atomic E-state index is 11.9. The molecule has 1 amide bonds. The van der Waals surface area contributed by atoms with Crippen LogP contribution in [0.2, 0.25) is 0 Å². The lowest BCUT2D eigenvalue weighted by Crippen LogP contribution is -2.33. The summed E-state index contributed by atoms with van der Waals surface area (Å²) in [4.78, 5) is 16.5. The number of thiazole rings is 1. The largest absolute Gasteiger partial charge is 0.507 e. The van der Waals surface area contributed by atoms with Crippen molar-refractivity contribution in [1.82, 2.24) is 10.3 Å². The summed E-state index contributed by atoms with van der Waals surface area (Å²) in [6, 6.07) is 12.9. The number of carbonyl (C=O) groups is 1. The van der Waals surface area contributed by atoms with Gasteiger partial charge in [0, 0.05) is 12.1 Å². The predicted octanol–water partition coefficient (Wildman–Crippen LogP) is 5.06. The Kier molecular flexibility index (Phi) is 6.36. The van der Waals surface area contributed by atoms with Gasteiger partial charge in [-0.3, -0.25) is 4.79 Å². The maximum Gasteiger partial charge on any atom is 0.226 e. The van der Waals surface area contributed by atoms with Gasteiger partial charge in [-0.1, -0.05) is 31.9 Å². The minimum Gasteiger partial charge on any atom is -0.507 e. The number of thiocarbonyl (C=S) groups is 1. The van der Waals surface area contributed by atoms with Gasteiger partial charge in [0.2, 0.25) is 5.91 Å². The van der Waals surface area contributed by atoms with E-state index in [1.165, 1.54) is 11.3 Å². The lowest BCUT2D eigenvalue weighted by atomic mass is 10.2. The zero-order valence-electron chi connectivity index (χ0n) is 15.0. The highest BCUT2D eigenvalue weighted by Crippen LogP contribution is 2.36. The molecular formula is C20H21N3O2S2. The number of unbranched alkanes of at least 4 members (excludes halogenated alkanes) is 2. The standard InChI is InChI=1S/C20H21N3O2S2/c1-2-3-4-9-18(25)23-20(26)21-13-10-11-16(24)14(12-13)19-22-15-7-5-6-8-17(15)27-19/h5-8,10-12,24H,2-4,9H2,1H3,(H2,21,23,25,26). The van der Waals surface area contributed by atoms with E-state index in [1.54, 1.807) is 18.2 Å². The molecule has 5 nitrogen and oxygen atoms in total. The quantitative estimate of drug-likeness (QED) is 0.307. The van der Waals surface area contributed by atoms with Crippen molar-refractivity contribution in [1.29, 1.82) is 0 Å². The number of amides is 1. The number of nitrogens with zero attached hydrogens (tertiary/aromatic N) is 1. The number of nitrogens with one attached hydrogen (secondary N) is 2. The molecule has 3 N–H and O–H groups in total. The van der Waals surface area contributed by atoms with Crippen molar-refractivity contribution in [3.63, 3.8) is 0 Å². The van der Waals surface area contributed by atoms with Crippen LogP contribution in [0.3, 0.4) is 0 Å². The smallest absolute Gasteiger partial charge is 0.226 e. The molecule has 27 heavy (non-hydrogen) atoms. The molecular weight excluding hydrogens is 378 g/mol. The lowest BCUT2D eigenvalue weighted by molar-refractivity contribution is -0.119. The Hall–Kier alpha value is -2.51. The summed E-state index contributed by atoms with van der Waals surface area (Å²) in [6.45, 7) is 2.10. The first kappa shape index (κ1) is 19.3. The van der Waals surface area contributed by atoms with Crippen LogP contribution in [-0.2, 0) is 4.79 Å². The van der Waals surface area contributed by atoms with Gasteiger partial charge in [-0.2, -0.15) is 0 Å². The average Bonchev–Trinajstić information content (AvgIpc) is 3.07. The molecule has 0 radical (unpaired) electrons. The Labute approximate surface area is 167 Å². The second kappa shape index (κ2) is 8.92. The molecule has 0 saturated heterocycles. The van der Waals surface area contributed by atoms with Gasteiger partial charge < -0.3 is 15.7 Å². The van der Waals surface area contributed by atoms with Gasteiger partial charge in [-0.05, 0) is 49.0 Å². The maximum absolute atomic E-state index is 11.9. The summed E-state index contributed by atoms with van der Waals surface area (Å²) < 4.78 is 1.06. The van der Waals surface area contributed by atoms with E-state index < -0.39 is 0 Å². The van der Waals surface area contributed by atoms with Crippen LogP contribution in [0.15, 0.2) is 42.5 Å². The van der Waals surface area contributed by atoms with E-state index in [9.17, 15) is 9.90 Å². The van der Waals surface area contributed by atoms with Crippen molar-refractivity contribution < 1.29 is 9.90 Å². The molecule has 0 bridgehead atoms. The van der Waals surface area contributed by atoms with Gasteiger partial charge in [0.1, 0.15) is 10.8 Å². The molecule has 3 aromatic rings. The number of benzene rings is 2. The van der Waals surface area contributed by atoms with Crippen LogP contribution >= 0.6 is 23.6 Å². The molecule has 0 unspecified atom stereocenters. The molecule has 0 aliphatic heterocycles. The Morgan fingerprint density at radius 3 is 2.81 bits per heavy atom. The van der Waals surface area contributed by atoms with Crippen molar-refractivity contribution >= 4 is 50.5 Å². The number of phenols is 1. The summed E-state index contributed by atoms with van der Waals surface area (Å²) >= 11 is 6.73. The van der Waals surface area contributed by atoms with Gasteiger partial charge in [0.05, 0.1) is 15.8 Å². The van der Waals surface area contributed by atoms with E-state index in [4.69, 9.17) is 12.2 Å². The van der Waals surface area contributed by atoms with Crippen molar-refractivity contribution in [3.05, 3.63) is 42.5 Å². The summed E-state index contributed by atoms with van der Waals surface area (Å²) in [7, 11) is 0. The fourth-order valence-corrected chi connectivity index (χ4v) is 3.88. The van der Waals surface area contributed by atoms with Gasteiger partial charge in [-0.25, -0.2) is 4.98 Å². The predicted molar refractivity (Wildman–Crippen MR) is 115 cm³/mol. The first-order valence-corrected chi connectivity index (χ1v) is 10.1. The Balaban J connectivity index is 1.71. The topological polar surface area (TPSA) is 74.2 Å². The highest BCUT2D eigenvalue weighted by molar-refractivity contribution is 7.80. The zero-order valence-corrected chi connectivity index (χ0v) is 16.6. The van der Waals surface area contributed by atoms with E-state index >= 15 is 0 Å². The molecule has 0 aliphatic carbocycles. The van der Waals surface area contributed by atoms with Crippen LogP contribution in [0.25, 0.3) is 20.8 Å². The second-order valence-electron chi connectivity index (χ2n) is 6.18. The van der Waals surface area contributed by atoms with Crippen LogP contribution in [0.4, 0.5) is 5.69 Å². The van der Waals surface area contributed by atoms with Crippen molar-refractivity contribution in [2.24, 2.45) is 0 Å². The number of hydrogen-bond donors (Lipinski definition) is 3. The minimum atomic E-state index is -0.0916. The Morgan fingerprint density at radius 1 is 1.22 bits per heavy atom. The molecule has 3 rings (SSSR count). The molecule has 0 saturated carbocycles. The first-order valence-electron chi connectivity index (χ1n) is 8.86. The number of carbonyl (C=O) groups excluding carboxylic acids is 1. The molecule has 1 heterocycles. The number of aromatic nitrogens is 1. The second-order valence-corrected chi connectivity index (χ2v) is 7.62. The van der Waals surface area contributed by atoms with Crippen molar-refractivity contribution in [2.75, 3.05) is 5.32 Å². The third-order valence-corrected chi connectivity index (χ3v) is 5.31. The fourth-order valence-electron chi connectivity index (χ4n) is 2.66. The van der Waals surface area contributed by atoms with Gasteiger partial charge in [0.15, 0.2) is 5.11 Å². The fraction of sp³-hybridized carbons (Fsp3) is 0.250. The van der Waals surface area contributed by atoms with E-state index in [2.05, 4.69) is 22.5 Å². The molecule has 0 aliphatic rings. The van der Waals surface area contributed by atoms with E-state index in [0.717, 1.165) is 34.5 Å². The summed E-state index contributed by atoms with van der Waals surface area (Å²) in [5.74, 6) is 0.0558. The van der Waals surface area contributed by atoms with Gasteiger partial charge in [0.25, 0.3) is 0 Å². The molecule has 0 fully saturated rings. The SMILES string of the molecule is CCCCCC(=O)NC(=S)Nc1ccc(O)c(-c2nc3ccccc3s2)c1. The van der Waals surface area contributed by atoms with Crippen LogP contribution < -0.4 is 10.6 Å². The number of rotatable bonds is 6. The molecule has 0 spiro atoms. The van der Waals surface area contributed by atoms with Crippen LogP contribution in [0.1, 0.15) is 32.6 Å². The van der Waals surface area contributed by atoms with Gasteiger partial charge in [-0.15, -0.1) is 11.3 Å². The van der Waals surface area contributed by atoms with Crippen molar-refractivity contribution in [3.8, 4) is 16.3 Å². The molecule has 7 heteroatoms. The third kappa shape index (κ3) is 5.02. The van der Waals surface area contributed by atoms with Crippen LogP contribution in [-0.4, -0.2) is 21.1 Å². The van der Waals surface area contributed by atoms with Crippen LogP contribution in [0, 0.1) is 0 Å². The van der Waals surface area contributed by atoms with Crippen LogP contribution in [0.5, 0.6) is 5.75 Å². The van der Waals surface area contributed by atoms with E-state index in [1.807, 2.05) is 24.3 Å². The number of hydrogen-bond acceptors (Lipinski definition) is 5. The number of fused-ring (bicyclic) bond motifs is 1. The highest BCUT2D eigenvalue weighted by atomic mass is 32.1. The summed E-state index contributed by atoms with van der Waals surface area (Å²) in [6.07, 6.45) is 3.41. The minimum absolute atomic E-state index is 0.0916. The number of aromatic hydroxyl groups is 1. The first-order chi connectivity index (χ1) is 13.1. The number of phenolic OH excluding ortho intramolecular Hbond substituents is 1. The Bertz CT molecular complexity index is 936. The molecule has 0 atom stereocenters.